The number of aromatic nitrogens is 1. The highest BCUT2D eigenvalue weighted by Gasteiger charge is 2.11. The van der Waals surface area contributed by atoms with Crippen molar-refractivity contribution in [3.8, 4) is 5.75 Å². The van der Waals surface area contributed by atoms with Crippen LogP contribution in [-0.4, -0.2) is 17.1 Å². The maximum Gasteiger partial charge on any atom is 0.341 e. The Balaban J connectivity index is 1.17. The van der Waals surface area contributed by atoms with Gasteiger partial charge in [-0.15, -0.1) is 0 Å². The molecule has 0 atom stereocenters. The van der Waals surface area contributed by atoms with Gasteiger partial charge < -0.3 is 22.9 Å². The number of ether oxygens (including phenoxy) is 2. The molecule has 0 fully saturated rings. The third-order valence-electron chi connectivity index (χ3n) is 4.94. The Labute approximate surface area is 178 Å². The molecule has 0 unspecified atom stereocenters. The van der Waals surface area contributed by atoms with E-state index < -0.39 is 5.97 Å². The Morgan fingerprint density at radius 3 is 2.77 bits per heavy atom. The fraction of sp³-hybridized carbons (Fsp3) is 0.250. The third-order valence-corrected chi connectivity index (χ3v) is 4.94. The SMILES string of the molecule is O=C(OCc1cc(=O)c(OCCCCCn2ccc3ccccc32)co1)c1ccoc1. The minimum atomic E-state index is -0.551. The molecule has 0 aliphatic heterocycles. The average Bonchev–Trinajstić information content (AvgIpc) is 3.46. The van der Waals surface area contributed by atoms with Crippen LogP contribution in [0.25, 0.3) is 10.9 Å². The maximum atomic E-state index is 12.2. The summed E-state index contributed by atoms with van der Waals surface area (Å²) in [7, 11) is 0. The van der Waals surface area contributed by atoms with Crippen molar-refractivity contribution in [1.82, 2.24) is 4.57 Å². The lowest BCUT2D eigenvalue weighted by atomic mass is 10.2. The van der Waals surface area contributed by atoms with E-state index in [2.05, 4.69) is 29.0 Å². The highest BCUT2D eigenvalue weighted by atomic mass is 16.5. The first-order valence-electron chi connectivity index (χ1n) is 10.2. The number of hydrogen-bond donors (Lipinski definition) is 0. The van der Waals surface area contributed by atoms with Crippen molar-refractivity contribution in [2.45, 2.75) is 32.4 Å². The predicted molar refractivity (Wildman–Crippen MR) is 114 cm³/mol. The molecule has 31 heavy (non-hydrogen) atoms. The Bertz CT molecular complexity index is 1190. The van der Waals surface area contributed by atoms with E-state index in [1.54, 1.807) is 0 Å². The number of carbonyl (C=O) groups excluding carboxylic acids is 1. The molecule has 0 amide bonds. The summed E-state index contributed by atoms with van der Waals surface area (Å²) >= 11 is 0. The van der Waals surface area contributed by atoms with Crippen LogP contribution in [0.4, 0.5) is 0 Å². The molecule has 7 heteroatoms. The second-order valence-electron chi connectivity index (χ2n) is 7.14. The van der Waals surface area contributed by atoms with Crippen molar-refractivity contribution in [3.05, 3.63) is 89.0 Å². The number of unbranched alkanes of at least 4 members (excludes halogenated alkanes) is 2. The van der Waals surface area contributed by atoms with E-state index in [-0.39, 0.29) is 23.5 Å². The Kier molecular flexibility index (Phi) is 6.52. The molecule has 0 spiro atoms. The number of aryl methyl sites for hydroxylation is 1. The summed E-state index contributed by atoms with van der Waals surface area (Å²) in [6, 6.07) is 13.2. The minimum absolute atomic E-state index is 0.145. The zero-order valence-corrected chi connectivity index (χ0v) is 17.0. The third kappa shape index (κ3) is 5.25. The standard InChI is InChI=1S/C24H23NO6/c26-22-14-20(16-31-24(27)19-9-13-28-15-19)30-17-23(22)29-12-5-1-4-10-25-11-8-18-6-2-3-7-21(18)25/h2-3,6-9,11,13-15,17H,1,4-5,10,12,16H2. The van der Waals surface area contributed by atoms with Crippen molar-refractivity contribution >= 4 is 16.9 Å². The molecule has 1 aromatic carbocycles. The maximum absolute atomic E-state index is 12.2. The first-order valence-corrected chi connectivity index (χ1v) is 10.2. The quantitative estimate of drug-likeness (QED) is 0.270. The number of fused-ring (bicyclic) bond motifs is 1. The van der Waals surface area contributed by atoms with Crippen LogP contribution in [0.15, 0.2) is 81.1 Å². The summed E-state index contributed by atoms with van der Waals surface area (Å²) in [4.78, 5) is 23.9. The zero-order chi connectivity index (χ0) is 21.5. The van der Waals surface area contributed by atoms with Gasteiger partial charge in [-0.3, -0.25) is 4.79 Å². The van der Waals surface area contributed by atoms with Crippen molar-refractivity contribution in [3.63, 3.8) is 0 Å². The summed E-state index contributed by atoms with van der Waals surface area (Å²) in [6.07, 6.45) is 8.89. The first kappa shape index (κ1) is 20.5. The summed E-state index contributed by atoms with van der Waals surface area (Å²) in [5.74, 6) is -0.154. The smallest absolute Gasteiger partial charge is 0.341 e. The number of benzene rings is 1. The van der Waals surface area contributed by atoms with Crippen LogP contribution in [0.1, 0.15) is 35.4 Å². The average molecular weight is 421 g/mol. The summed E-state index contributed by atoms with van der Waals surface area (Å²) in [5.41, 5.74) is 1.23. The molecule has 3 heterocycles. The van der Waals surface area contributed by atoms with Gasteiger partial charge in [-0.2, -0.15) is 0 Å². The molecule has 0 aliphatic carbocycles. The van der Waals surface area contributed by atoms with Crippen molar-refractivity contribution < 1.29 is 23.1 Å². The monoisotopic (exact) mass is 421 g/mol. The van der Waals surface area contributed by atoms with E-state index in [0.29, 0.717) is 12.2 Å². The van der Waals surface area contributed by atoms with Crippen molar-refractivity contribution in [1.29, 1.82) is 0 Å². The van der Waals surface area contributed by atoms with Gasteiger partial charge in [0.05, 0.1) is 18.4 Å². The number of carbonyl (C=O) groups is 1. The number of esters is 1. The largest absolute Gasteiger partial charge is 0.487 e. The molecule has 0 radical (unpaired) electrons. The number of nitrogens with zero attached hydrogens (tertiary/aromatic N) is 1. The van der Waals surface area contributed by atoms with Gasteiger partial charge in [-0.05, 0) is 42.8 Å². The zero-order valence-electron chi connectivity index (χ0n) is 17.0. The van der Waals surface area contributed by atoms with Crippen LogP contribution in [0.3, 0.4) is 0 Å². The van der Waals surface area contributed by atoms with E-state index in [0.717, 1.165) is 25.8 Å². The Hall–Kier alpha value is -3.74. The highest BCUT2D eigenvalue weighted by molar-refractivity contribution is 5.88. The fourth-order valence-corrected chi connectivity index (χ4v) is 3.30. The van der Waals surface area contributed by atoms with E-state index in [1.807, 2.05) is 12.1 Å². The van der Waals surface area contributed by atoms with Crippen LogP contribution < -0.4 is 10.2 Å². The number of rotatable bonds is 10. The topological polar surface area (TPSA) is 83.8 Å². The molecule has 0 aliphatic rings. The van der Waals surface area contributed by atoms with Crippen molar-refractivity contribution in [2.24, 2.45) is 0 Å². The van der Waals surface area contributed by atoms with Crippen molar-refractivity contribution in [2.75, 3.05) is 6.61 Å². The lowest BCUT2D eigenvalue weighted by molar-refractivity contribution is 0.0441. The second-order valence-corrected chi connectivity index (χ2v) is 7.14. The van der Waals surface area contributed by atoms with E-state index >= 15 is 0 Å². The van der Waals surface area contributed by atoms with Gasteiger partial charge in [0, 0.05) is 24.3 Å². The van der Waals surface area contributed by atoms with Gasteiger partial charge in [-0.1, -0.05) is 18.2 Å². The van der Waals surface area contributed by atoms with Gasteiger partial charge in [0.2, 0.25) is 11.2 Å². The van der Waals surface area contributed by atoms with Crippen LogP contribution in [0, 0.1) is 0 Å². The van der Waals surface area contributed by atoms with Crippen LogP contribution in [0.5, 0.6) is 5.75 Å². The summed E-state index contributed by atoms with van der Waals surface area (Å²) in [6.45, 7) is 1.24. The van der Waals surface area contributed by atoms with E-state index in [4.69, 9.17) is 18.3 Å². The van der Waals surface area contributed by atoms with Crippen LogP contribution in [-0.2, 0) is 17.9 Å². The van der Waals surface area contributed by atoms with Gasteiger partial charge in [0.25, 0.3) is 0 Å². The predicted octanol–water partition coefficient (Wildman–Crippen LogP) is 4.79. The molecule has 0 saturated carbocycles. The molecule has 4 rings (SSSR count). The van der Waals surface area contributed by atoms with E-state index in [9.17, 15) is 9.59 Å². The lowest BCUT2D eigenvalue weighted by Crippen LogP contribution is -2.10. The lowest BCUT2D eigenvalue weighted by Gasteiger charge is -2.07. The molecule has 0 bridgehead atoms. The van der Waals surface area contributed by atoms with Gasteiger partial charge in [-0.25, -0.2) is 4.79 Å². The van der Waals surface area contributed by atoms with Gasteiger partial charge >= 0.3 is 5.97 Å². The molecule has 4 aromatic rings. The summed E-state index contributed by atoms with van der Waals surface area (Å²) < 4.78 is 23.1. The first-order chi connectivity index (χ1) is 15.2. The number of hydrogen-bond acceptors (Lipinski definition) is 6. The molecule has 3 aromatic heterocycles. The molecular weight excluding hydrogens is 398 g/mol. The number of para-hydroxylation sites is 1. The number of furan rings is 1. The Morgan fingerprint density at radius 2 is 1.94 bits per heavy atom. The highest BCUT2D eigenvalue weighted by Crippen LogP contribution is 2.16. The summed E-state index contributed by atoms with van der Waals surface area (Å²) in [5, 5.41) is 1.25. The normalized spacial score (nSPS) is 11.0. The van der Waals surface area contributed by atoms with Crippen LogP contribution >= 0.6 is 0 Å². The Morgan fingerprint density at radius 1 is 1.03 bits per heavy atom. The van der Waals surface area contributed by atoms with Gasteiger partial charge in [0.1, 0.15) is 24.9 Å². The molecular formula is C24H23NO6. The second kappa shape index (κ2) is 9.84. The van der Waals surface area contributed by atoms with Crippen LogP contribution in [0.2, 0.25) is 0 Å². The molecule has 7 nitrogen and oxygen atoms in total. The molecule has 160 valence electrons. The molecule has 0 saturated heterocycles. The fourth-order valence-electron chi connectivity index (χ4n) is 3.30. The van der Waals surface area contributed by atoms with Gasteiger partial charge in [0.15, 0.2) is 0 Å². The van der Waals surface area contributed by atoms with E-state index in [1.165, 1.54) is 41.8 Å². The molecule has 0 N–H and O–H groups in total. The minimum Gasteiger partial charge on any atom is -0.487 e.